The van der Waals surface area contributed by atoms with Gasteiger partial charge in [-0.25, -0.2) is 4.98 Å². The minimum Gasteiger partial charge on any atom is -0.540 e. The zero-order chi connectivity index (χ0) is 11.3. The van der Waals surface area contributed by atoms with Gasteiger partial charge in [-0.2, -0.15) is 0 Å². The molecule has 0 atom stereocenters. The molecular weight excluding hydrogens is 258 g/mol. The molecule has 0 amide bonds. The standard InChI is InChI=1S/C8H5NO3.C3H7.Cu/c10-8(11)7-9-5-3-1-2-4-6(5)12-7;1-3-2;/h1-4H,(H,10,11);3H,1-2H3;/q;;+1/p-1. The molecule has 16 heavy (non-hydrogen) atoms. The summed E-state index contributed by atoms with van der Waals surface area (Å²) in [6, 6.07) is 6.82. The zero-order valence-electron chi connectivity index (χ0n) is 8.86. The van der Waals surface area contributed by atoms with Gasteiger partial charge < -0.3 is 14.3 Å². The van der Waals surface area contributed by atoms with E-state index in [0.29, 0.717) is 11.1 Å². The third kappa shape index (κ3) is 3.68. The predicted molar refractivity (Wildman–Crippen MR) is 54.0 cm³/mol. The molecule has 1 aromatic heterocycles. The monoisotopic (exact) mass is 268 g/mol. The first kappa shape index (κ1) is 14.7. The van der Waals surface area contributed by atoms with E-state index in [4.69, 9.17) is 4.42 Å². The molecule has 0 saturated carbocycles. The van der Waals surface area contributed by atoms with Crippen LogP contribution in [0.3, 0.4) is 0 Å². The van der Waals surface area contributed by atoms with Crippen molar-refractivity contribution in [2.24, 2.45) is 0 Å². The van der Waals surface area contributed by atoms with Crippen molar-refractivity contribution in [3.8, 4) is 0 Å². The van der Waals surface area contributed by atoms with Gasteiger partial charge in [-0.05, 0) is 18.6 Å². The number of hydrogen-bond donors (Lipinski definition) is 0. The van der Waals surface area contributed by atoms with E-state index < -0.39 is 5.97 Å². The number of aromatic nitrogens is 1. The van der Waals surface area contributed by atoms with Crippen LogP contribution in [0.1, 0.15) is 24.5 Å². The molecule has 0 aliphatic carbocycles. The van der Waals surface area contributed by atoms with Gasteiger partial charge in [0.2, 0.25) is 5.89 Å². The number of benzene rings is 1. The molecule has 2 aromatic rings. The van der Waals surface area contributed by atoms with Crippen LogP contribution in [0.4, 0.5) is 0 Å². The molecule has 0 spiro atoms. The van der Waals surface area contributed by atoms with Gasteiger partial charge in [0, 0.05) is 0 Å². The minimum absolute atomic E-state index is 0. The summed E-state index contributed by atoms with van der Waals surface area (Å²) >= 11 is 0. The number of aromatic carboxylic acids is 1. The summed E-state index contributed by atoms with van der Waals surface area (Å²) in [5.74, 6) is -1.78. The van der Waals surface area contributed by atoms with E-state index in [1.54, 1.807) is 24.3 Å². The van der Waals surface area contributed by atoms with Crippen LogP contribution in [0.15, 0.2) is 28.7 Å². The first-order valence-corrected chi connectivity index (χ1v) is 4.50. The number of carbonyl (C=O) groups excluding carboxylic acids is 1. The van der Waals surface area contributed by atoms with Crippen molar-refractivity contribution >= 4 is 17.1 Å². The Morgan fingerprint density at radius 3 is 2.44 bits per heavy atom. The second-order valence-corrected chi connectivity index (χ2v) is 2.85. The van der Waals surface area contributed by atoms with E-state index in [0.717, 1.165) is 0 Å². The molecule has 5 heteroatoms. The van der Waals surface area contributed by atoms with Crippen LogP contribution in [0, 0.1) is 6.42 Å². The molecule has 0 N–H and O–H groups in total. The molecular formula is C11H11CuNO3. The average molecular weight is 269 g/mol. The first-order chi connectivity index (χ1) is 7.19. The Labute approximate surface area is 104 Å². The molecule has 4 nitrogen and oxygen atoms in total. The maximum Gasteiger partial charge on any atom is 1.00 e. The van der Waals surface area contributed by atoms with Gasteiger partial charge in [0.25, 0.3) is 0 Å². The molecule has 0 fully saturated rings. The number of carbonyl (C=O) groups is 1. The molecule has 1 heterocycles. The molecule has 1 radical (unpaired) electrons. The molecule has 89 valence electrons. The third-order valence-corrected chi connectivity index (χ3v) is 1.47. The molecule has 0 bridgehead atoms. The molecule has 1 aromatic carbocycles. The Morgan fingerprint density at radius 2 is 1.94 bits per heavy atom. The number of carboxylic acid groups (broad SMARTS) is 1. The van der Waals surface area contributed by atoms with Crippen LogP contribution >= 0.6 is 0 Å². The van der Waals surface area contributed by atoms with E-state index in [2.05, 4.69) is 4.98 Å². The normalized spacial score (nSPS) is 8.88. The average Bonchev–Trinajstić information content (AvgIpc) is 2.62. The van der Waals surface area contributed by atoms with Gasteiger partial charge >= 0.3 is 17.1 Å². The summed E-state index contributed by atoms with van der Waals surface area (Å²) in [6.07, 6.45) is 2.00. The molecule has 0 aliphatic heterocycles. The maximum atomic E-state index is 10.3. The smallest absolute Gasteiger partial charge is 0.540 e. The van der Waals surface area contributed by atoms with E-state index in [1.165, 1.54) is 0 Å². The van der Waals surface area contributed by atoms with Crippen molar-refractivity contribution in [1.29, 1.82) is 0 Å². The van der Waals surface area contributed by atoms with Gasteiger partial charge in [0.05, 0.1) is 0 Å². The zero-order valence-corrected chi connectivity index (χ0v) is 9.80. The van der Waals surface area contributed by atoms with E-state index >= 15 is 0 Å². The Balaban J connectivity index is 0.000000511. The summed E-state index contributed by atoms with van der Waals surface area (Å²) in [7, 11) is 0. The summed E-state index contributed by atoms with van der Waals surface area (Å²) in [4.78, 5) is 14.0. The molecule has 2 rings (SSSR count). The van der Waals surface area contributed by atoms with Crippen LogP contribution in [0.5, 0.6) is 0 Å². The Hall–Kier alpha value is -1.32. The first-order valence-electron chi connectivity index (χ1n) is 4.50. The van der Waals surface area contributed by atoms with Crippen LogP contribution in [-0.4, -0.2) is 11.0 Å². The number of fused-ring (bicyclic) bond motifs is 1. The van der Waals surface area contributed by atoms with Crippen LogP contribution in [0.25, 0.3) is 11.1 Å². The van der Waals surface area contributed by atoms with Gasteiger partial charge in [0.1, 0.15) is 11.5 Å². The van der Waals surface area contributed by atoms with Crippen molar-refractivity contribution in [2.45, 2.75) is 13.8 Å². The Kier molecular flexibility index (Phi) is 6.46. The molecule has 0 saturated heterocycles. The number of rotatable bonds is 1. The largest absolute Gasteiger partial charge is 1.00 e. The topological polar surface area (TPSA) is 66.2 Å². The molecule has 0 unspecified atom stereocenters. The summed E-state index contributed by atoms with van der Waals surface area (Å²) < 4.78 is 4.86. The minimum atomic E-state index is -1.40. The number of oxazole rings is 1. The van der Waals surface area contributed by atoms with Gasteiger partial charge in [-0.15, -0.1) is 0 Å². The van der Waals surface area contributed by atoms with Gasteiger partial charge in [-0.1, -0.05) is 26.0 Å². The van der Waals surface area contributed by atoms with Gasteiger partial charge in [-0.3, -0.25) is 0 Å². The maximum absolute atomic E-state index is 10.3. The Morgan fingerprint density at radius 1 is 1.38 bits per heavy atom. The van der Waals surface area contributed by atoms with E-state index in [9.17, 15) is 9.90 Å². The van der Waals surface area contributed by atoms with Crippen molar-refractivity contribution in [1.82, 2.24) is 4.98 Å². The fraction of sp³-hybridized carbons (Fsp3) is 0.182. The van der Waals surface area contributed by atoms with Crippen molar-refractivity contribution < 1.29 is 31.4 Å². The van der Waals surface area contributed by atoms with Crippen molar-refractivity contribution in [3.63, 3.8) is 0 Å². The van der Waals surface area contributed by atoms with Crippen LogP contribution in [0.2, 0.25) is 0 Å². The quantitative estimate of drug-likeness (QED) is 0.734. The van der Waals surface area contributed by atoms with Crippen LogP contribution < -0.4 is 5.11 Å². The fourth-order valence-electron chi connectivity index (χ4n) is 0.960. The Bertz CT molecular complexity index is 420. The summed E-state index contributed by atoms with van der Waals surface area (Å²) in [5, 5.41) is 10.3. The fourth-order valence-corrected chi connectivity index (χ4v) is 0.960. The van der Waals surface area contributed by atoms with Crippen molar-refractivity contribution in [2.75, 3.05) is 0 Å². The second-order valence-electron chi connectivity index (χ2n) is 2.85. The number of hydrogen-bond acceptors (Lipinski definition) is 4. The number of para-hydroxylation sites is 2. The summed E-state index contributed by atoms with van der Waals surface area (Å²) in [5.41, 5.74) is 0.980. The molecule has 0 aliphatic rings. The SMILES string of the molecule is C[CH]C.O=C([O-])c1nc2ccccc2o1.[Cu+]. The van der Waals surface area contributed by atoms with Crippen molar-refractivity contribution in [3.05, 3.63) is 36.6 Å². The third-order valence-electron chi connectivity index (χ3n) is 1.47. The predicted octanol–water partition coefficient (Wildman–Crippen LogP) is 1.42. The van der Waals surface area contributed by atoms with E-state index in [1.807, 2.05) is 20.3 Å². The summed E-state index contributed by atoms with van der Waals surface area (Å²) in [6.45, 7) is 4.00. The number of nitrogens with zero attached hydrogens (tertiary/aromatic N) is 1. The van der Waals surface area contributed by atoms with E-state index in [-0.39, 0.29) is 23.0 Å². The van der Waals surface area contributed by atoms with Crippen LogP contribution in [-0.2, 0) is 17.1 Å². The second kappa shape index (κ2) is 7.04. The number of carboxylic acids is 1. The van der Waals surface area contributed by atoms with Gasteiger partial charge in [0.15, 0.2) is 5.58 Å².